The zero-order valence-electron chi connectivity index (χ0n) is 13.5. The Hall–Kier alpha value is -3.15. The van der Waals surface area contributed by atoms with Crippen LogP contribution in [0.3, 0.4) is 0 Å². The van der Waals surface area contributed by atoms with Gasteiger partial charge in [0, 0.05) is 24.0 Å². The third-order valence-electron chi connectivity index (χ3n) is 4.56. The van der Waals surface area contributed by atoms with Crippen LogP contribution in [0.1, 0.15) is 40.0 Å². The maximum absolute atomic E-state index is 12.3. The second kappa shape index (κ2) is 6.05. The van der Waals surface area contributed by atoms with Gasteiger partial charge in [0.1, 0.15) is 5.65 Å². The Morgan fingerprint density at radius 2 is 1.96 bits per heavy atom. The van der Waals surface area contributed by atoms with Crippen LogP contribution in [-0.2, 0) is 0 Å². The highest BCUT2D eigenvalue weighted by molar-refractivity contribution is 5.94. The lowest BCUT2D eigenvalue weighted by Gasteiger charge is -2.26. The molecule has 1 amide bonds. The summed E-state index contributed by atoms with van der Waals surface area (Å²) in [5, 5.41) is 12.1. The monoisotopic (exact) mass is 335 g/mol. The first-order valence-corrected chi connectivity index (χ1v) is 8.23. The van der Waals surface area contributed by atoms with E-state index in [0.717, 1.165) is 18.4 Å². The first-order valence-electron chi connectivity index (χ1n) is 8.23. The van der Waals surface area contributed by atoms with Crippen LogP contribution in [-0.4, -0.2) is 32.4 Å². The van der Waals surface area contributed by atoms with Crippen molar-refractivity contribution in [1.29, 1.82) is 0 Å². The van der Waals surface area contributed by atoms with Crippen molar-refractivity contribution in [2.24, 2.45) is 0 Å². The zero-order chi connectivity index (χ0) is 17.4. The summed E-state index contributed by atoms with van der Waals surface area (Å²) in [5.74, 6) is -1.05. The topological polar surface area (TPSA) is 83.7 Å². The lowest BCUT2D eigenvalue weighted by Crippen LogP contribution is -2.39. The normalized spacial score (nSPS) is 14.2. The van der Waals surface area contributed by atoms with Gasteiger partial charge in [-0.2, -0.15) is 0 Å². The summed E-state index contributed by atoms with van der Waals surface area (Å²) in [4.78, 5) is 27.9. The number of fused-ring (bicyclic) bond motifs is 1. The van der Waals surface area contributed by atoms with Crippen LogP contribution >= 0.6 is 0 Å². The van der Waals surface area contributed by atoms with E-state index in [1.165, 1.54) is 6.42 Å². The number of aromatic carboxylic acids is 1. The van der Waals surface area contributed by atoms with Gasteiger partial charge in [-0.05, 0) is 43.5 Å². The van der Waals surface area contributed by atoms with E-state index < -0.39 is 5.97 Å². The van der Waals surface area contributed by atoms with Crippen LogP contribution in [0.25, 0.3) is 16.9 Å². The predicted octanol–water partition coefficient (Wildman–Crippen LogP) is 2.98. The lowest BCUT2D eigenvalue weighted by molar-refractivity contribution is 0.0696. The van der Waals surface area contributed by atoms with E-state index in [0.29, 0.717) is 22.9 Å². The minimum atomic E-state index is -0.972. The molecular weight excluding hydrogens is 318 g/mol. The van der Waals surface area contributed by atoms with Gasteiger partial charge in [-0.1, -0.05) is 12.1 Å². The van der Waals surface area contributed by atoms with Crippen molar-refractivity contribution < 1.29 is 14.7 Å². The molecule has 2 N–H and O–H groups in total. The highest BCUT2D eigenvalue weighted by Gasteiger charge is 2.20. The summed E-state index contributed by atoms with van der Waals surface area (Å²) in [6.45, 7) is 0. The second-order valence-corrected chi connectivity index (χ2v) is 6.30. The summed E-state index contributed by atoms with van der Waals surface area (Å²) in [6, 6.07) is 10.5. The largest absolute Gasteiger partial charge is 0.478 e. The standard InChI is InChI=1S/C19H17N3O3/c23-18(20-15-5-2-6-15)14-7-8-17-21-16(11-22(17)10-14)12-3-1-4-13(9-12)19(24)25/h1,3-4,7-11,15H,2,5-6H2,(H,20,23)(H,24,25). The maximum atomic E-state index is 12.3. The molecule has 1 aliphatic carbocycles. The Balaban J connectivity index is 1.65. The molecule has 0 unspecified atom stereocenters. The molecule has 1 aliphatic rings. The van der Waals surface area contributed by atoms with E-state index in [1.54, 1.807) is 47.1 Å². The molecule has 0 bridgehead atoms. The summed E-state index contributed by atoms with van der Waals surface area (Å²) in [5.41, 5.74) is 2.90. The number of nitrogens with zero attached hydrogens (tertiary/aromatic N) is 2. The van der Waals surface area contributed by atoms with Crippen LogP contribution in [0.5, 0.6) is 0 Å². The minimum absolute atomic E-state index is 0.0743. The molecule has 2 aromatic heterocycles. The summed E-state index contributed by atoms with van der Waals surface area (Å²) in [6.07, 6.45) is 6.81. The molecule has 6 nitrogen and oxygen atoms in total. The van der Waals surface area contributed by atoms with E-state index in [9.17, 15) is 9.59 Å². The van der Waals surface area contributed by atoms with Gasteiger partial charge in [-0.25, -0.2) is 9.78 Å². The molecule has 0 saturated heterocycles. The molecule has 2 heterocycles. The fraction of sp³-hybridized carbons (Fsp3) is 0.211. The van der Waals surface area contributed by atoms with Crippen LogP contribution in [0.15, 0.2) is 48.8 Å². The van der Waals surface area contributed by atoms with Gasteiger partial charge >= 0.3 is 5.97 Å². The number of carboxylic acids is 1. The van der Waals surface area contributed by atoms with E-state index in [2.05, 4.69) is 10.3 Å². The maximum Gasteiger partial charge on any atom is 0.335 e. The van der Waals surface area contributed by atoms with Crippen molar-refractivity contribution in [2.75, 3.05) is 0 Å². The lowest BCUT2D eigenvalue weighted by atomic mass is 9.93. The fourth-order valence-electron chi connectivity index (χ4n) is 2.90. The number of nitrogens with one attached hydrogen (secondary N) is 1. The Bertz CT molecular complexity index is 973. The van der Waals surface area contributed by atoms with E-state index in [-0.39, 0.29) is 11.5 Å². The van der Waals surface area contributed by atoms with Crippen molar-refractivity contribution >= 4 is 17.5 Å². The van der Waals surface area contributed by atoms with Crippen molar-refractivity contribution in [3.63, 3.8) is 0 Å². The molecule has 126 valence electrons. The van der Waals surface area contributed by atoms with Gasteiger partial charge in [-0.3, -0.25) is 4.79 Å². The molecule has 1 saturated carbocycles. The first-order chi connectivity index (χ1) is 12.1. The Labute approximate surface area is 144 Å². The molecule has 6 heteroatoms. The molecule has 1 aromatic carbocycles. The Morgan fingerprint density at radius 3 is 2.68 bits per heavy atom. The van der Waals surface area contributed by atoms with Crippen molar-refractivity contribution in [3.05, 3.63) is 59.9 Å². The van der Waals surface area contributed by atoms with Crippen molar-refractivity contribution in [1.82, 2.24) is 14.7 Å². The number of carboxylic acid groups (broad SMARTS) is 1. The number of hydrogen-bond acceptors (Lipinski definition) is 3. The van der Waals surface area contributed by atoms with E-state index in [1.807, 2.05) is 6.07 Å². The number of benzene rings is 1. The first kappa shape index (κ1) is 15.4. The SMILES string of the molecule is O=C(O)c1cccc(-c2cn3cc(C(=O)NC4CCC4)ccc3n2)c1. The average Bonchev–Trinajstić information content (AvgIpc) is 3.01. The molecule has 25 heavy (non-hydrogen) atoms. The molecule has 0 atom stereocenters. The number of rotatable bonds is 4. The summed E-state index contributed by atoms with van der Waals surface area (Å²) >= 11 is 0. The van der Waals surface area contributed by atoms with Crippen molar-refractivity contribution in [3.8, 4) is 11.3 Å². The Kier molecular flexibility index (Phi) is 3.72. The van der Waals surface area contributed by atoms with Gasteiger partial charge in [0.25, 0.3) is 5.91 Å². The molecule has 0 radical (unpaired) electrons. The van der Waals surface area contributed by atoms with E-state index >= 15 is 0 Å². The second-order valence-electron chi connectivity index (χ2n) is 6.30. The molecule has 1 fully saturated rings. The molecular formula is C19H17N3O3. The highest BCUT2D eigenvalue weighted by atomic mass is 16.4. The highest BCUT2D eigenvalue weighted by Crippen LogP contribution is 2.22. The quantitative estimate of drug-likeness (QED) is 0.768. The third-order valence-corrected chi connectivity index (χ3v) is 4.56. The predicted molar refractivity (Wildman–Crippen MR) is 92.7 cm³/mol. The molecule has 0 aliphatic heterocycles. The van der Waals surface area contributed by atoms with Gasteiger partial charge in [0.2, 0.25) is 0 Å². The van der Waals surface area contributed by atoms with Crippen LogP contribution < -0.4 is 5.32 Å². The number of carbonyl (C=O) groups excluding carboxylic acids is 1. The van der Waals surface area contributed by atoms with Gasteiger partial charge in [0.05, 0.1) is 16.8 Å². The number of pyridine rings is 1. The smallest absolute Gasteiger partial charge is 0.335 e. The number of hydrogen-bond donors (Lipinski definition) is 2. The number of carbonyl (C=O) groups is 2. The average molecular weight is 335 g/mol. The summed E-state index contributed by atoms with van der Waals surface area (Å²) < 4.78 is 1.79. The number of aromatic nitrogens is 2. The van der Waals surface area contributed by atoms with Crippen molar-refractivity contribution in [2.45, 2.75) is 25.3 Å². The zero-order valence-corrected chi connectivity index (χ0v) is 13.5. The summed E-state index contributed by atoms with van der Waals surface area (Å²) in [7, 11) is 0. The Morgan fingerprint density at radius 1 is 1.12 bits per heavy atom. The molecule has 3 aromatic rings. The van der Waals surface area contributed by atoms with Crippen LogP contribution in [0.2, 0.25) is 0 Å². The van der Waals surface area contributed by atoms with Gasteiger partial charge in [0.15, 0.2) is 0 Å². The van der Waals surface area contributed by atoms with E-state index in [4.69, 9.17) is 5.11 Å². The molecule has 0 spiro atoms. The van der Waals surface area contributed by atoms with Gasteiger partial charge in [-0.15, -0.1) is 0 Å². The minimum Gasteiger partial charge on any atom is -0.478 e. The molecule has 4 rings (SSSR count). The number of amides is 1. The van der Waals surface area contributed by atoms with Gasteiger partial charge < -0.3 is 14.8 Å². The van der Waals surface area contributed by atoms with Crippen LogP contribution in [0.4, 0.5) is 0 Å². The fourth-order valence-corrected chi connectivity index (χ4v) is 2.90. The van der Waals surface area contributed by atoms with Crippen LogP contribution in [0, 0.1) is 0 Å². The third kappa shape index (κ3) is 2.98. The number of imidazole rings is 1.